The van der Waals surface area contributed by atoms with Crippen LogP contribution < -0.4 is 10.6 Å². The minimum Gasteiger partial charge on any atom is -0.370 e. The summed E-state index contributed by atoms with van der Waals surface area (Å²) in [6.45, 7) is 5.76. The Kier molecular flexibility index (Phi) is 5.44. The van der Waals surface area contributed by atoms with E-state index in [1.165, 1.54) is 5.56 Å². The van der Waals surface area contributed by atoms with Gasteiger partial charge in [-0.3, -0.25) is 4.68 Å². The van der Waals surface area contributed by atoms with Crippen LogP contribution >= 0.6 is 11.8 Å². The molecule has 0 aliphatic rings. The van der Waals surface area contributed by atoms with Gasteiger partial charge in [-0.2, -0.15) is 5.10 Å². The smallest absolute Gasteiger partial charge is 0.191 e. The van der Waals surface area contributed by atoms with Crippen molar-refractivity contribution in [2.75, 3.05) is 23.4 Å². The molecule has 0 aromatic carbocycles. The number of hydrogen-bond donors (Lipinski definition) is 2. The van der Waals surface area contributed by atoms with Gasteiger partial charge in [0.25, 0.3) is 0 Å². The zero-order valence-corrected chi connectivity index (χ0v) is 13.8. The summed E-state index contributed by atoms with van der Waals surface area (Å²) in [6, 6.07) is 1.95. The lowest BCUT2D eigenvalue weighted by Gasteiger charge is -2.10. The van der Waals surface area contributed by atoms with Gasteiger partial charge in [0.1, 0.15) is 11.6 Å². The second kappa shape index (κ2) is 7.31. The maximum atomic E-state index is 4.49. The van der Waals surface area contributed by atoms with E-state index >= 15 is 0 Å². The van der Waals surface area contributed by atoms with Gasteiger partial charge < -0.3 is 10.6 Å². The number of thioether (sulfide) groups is 1. The zero-order valence-electron chi connectivity index (χ0n) is 13.0. The van der Waals surface area contributed by atoms with Gasteiger partial charge in [0.05, 0.1) is 5.69 Å². The number of aromatic nitrogens is 4. The summed E-state index contributed by atoms with van der Waals surface area (Å²) in [5.41, 5.74) is 2.21. The molecule has 2 N–H and O–H groups in total. The van der Waals surface area contributed by atoms with E-state index in [2.05, 4.69) is 32.6 Å². The summed E-state index contributed by atoms with van der Waals surface area (Å²) in [4.78, 5) is 8.94. The Bertz CT molecular complexity index is 595. The van der Waals surface area contributed by atoms with E-state index in [1.807, 2.05) is 37.2 Å². The van der Waals surface area contributed by atoms with Gasteiger partial charge in [-0.05, 0) is 19.6 Å². The first kappa shape index (κ1) is 15.6. The molecular formula is C14H22N6S. The molecule has 2 aromatic heterocycles. The number of anilines is 2. The van der Waals surface area contributed by atoms with Crippen LogP contribution in [-0.4, -0.2) is 32.5 Å². The summed E-state index contributed by atoms with van der Waals surface area (Å²) in [5, 5.41) is 11.8. The third-order valence-corrected chi connectivity index (χ3v) is 3.57. The van der Waals surface area contributed by atoms with Crippen LogP contribution in [0, 0.1) is 6.92 Å². The predicted molar refractivity (Wildman–Crippen MR) is 87.9 cm³/mol. The fourth-order valence-corrected chi connectivity index (χ4v) is 2.34. The fourth-order valence-electron chi connectivity index (χ4n) is 1.96. The van der Waals surface area contributed by atoms with E-state index in [1.54, 1.807) is 11.8 Å². The van der Waals surface area contributed by atoms with Crippen molar-refractivity contribution in [1.29, 1.82) is 0 Å². The topological polar surface area (TPSA) is 67.7 Å². The van der Waals surface area contributed by atoms with Gasteiger partial charge >= 0.3 is 0 Å². The van der Waals surface area contributed by atoms with Crippen LogP contribution in [0.15, 0.2) is 17.4 Å². The molecule has 0 fully saturated rings. The molecule has 0 amide bonds. The molecule has 0 bridgehead atoms. The second-order valence-corrected chi connectivity index (χ2v) is 5.59. The molecule has 21 heavy (non-hydrogen) atoms. The Labute approximate surface area is 129 Å². The fraction of sp³-hybridized carbons (Fsp3) is 0.500. The van der Waals surface area contributed by atoms with Crippen LogP contribution in [0.1, 0.15) is 24.6 Å². The van der Waals surface area contributed by atoms with Crippen molar-refractivity contribution < 1.29 is 0 Å². The van der Waals surface area contributed by atoms with Crippen LogP contribution in [0.25, 0.3) is 0 Å². The van der Waals surface area contributed by atoms with Gasteiger partial charge in [0.2, 0.25) is 0 Å². The molecular weight excluding hydrogens is 284 g/mol. The highest BCUT2D eigenvalue weighted by Crippen LogP contribution is 2.18. The summed E-state index contributed by atoms with van der Waals surface area (Å²) < 4.78 is 1.83. The average molecular weight is 306 g/mol. The maximum Gasteiger partial charge on any atom is 0.191 e. The number of rotatable bonds is 7. The Balaban J connectivity index is 2.09. The highest BCUT2D eigenvalue weighted by molar-refractivity contribution is 7.98. The molecule has 7 heteroatoms. The van der Waals surface area contributed by atoms with Crippen LogP contribution in [0.2, 0.25) is 0 Å². The molecule has 2 heterocycles. The SMILES string of the molecule is CCCNc1cc(NCc2cn(C)nc2C)nc(SC)n1. The number of aryl methyl sites for hydroxylation is 2. The van der Waals surface area contributed by atoms with Crippen molar-refractivity contribution in [2.24, 2.45) is 7.05 Å². The van der Waals surface area contributed by atoms with Crippen molar-refractivity contribution in [1.82, 2.24) is 19.7 Å². The predicted octanol–water partition coefficient (Wildman–Crippen LogP) is 2.67. The lowest BCUT2D eigenvalue weighted by Crippen LogP contribution is -2.07. The van der Waals surface area contributed by atoms with Crippen molar-refractivity contribution in [3.63, 3.8) is 0 Å². The van der Waals surface area contributed by atoms with E-state index in [0.29, 0.717) is 6.54 Å². The van der Waals surface area contributed by atoms with E-state index in [9.17, 15) is 0 Å². The maximum absolute atomic E-state index is 4.49. The first-order valence-electron chi connectivity index (χ1n) is 7.02. The molecule has 0 spiro atoms. The molecule has 0 aliphatic carbocycles. The molecule has 114 valence electrons. The first-order valence-corrected chi connectivity index (χ1v) is 8.24. The molecule has 0 saturated heterocycles. The first-order chi connectivity index (χ1) is 10.1. The summed E-state index contributed by atoms with van der Waals surface area (Å²) >= 11 is 1.54. The largest absolute Gasteiger partial charge is 0.370 e. The van der Waals surface area contributed by atoms with E-state index in [4.69, 9.17) is 0 Å². The molecule has 0 saturated carbocycles. The molecule has 0 radical (unpaired) electrons. The lowest BCUT2D eigenvalue weighted by molar-refractivity contribution is 0.756. The highest BCUT2D eigenvalue weighted by atomic mass is 32.2. The van der Waals surface area contributed by atoms with Crippen molar-refractivity contribution >= 4 is 23.4 Å². The number of hydrogen-bond acceptors (Lipinski definition) is 6. The van der Waals surface area contributed by atoms with E-state index in [-0.39, 0.29) is 0 Å². The quantitative estimate of drug-likeness (QED) is 0.605. The van der Waals surface area contributed by atoms with Gasteiger partial charge in [-0.1, -0.05) is 18.7 Å². The minimum atomic E-state index is 0.706. The summed E-state index contributed by atoms with van der Waals surface area (Å²) in [7, 11) is 1.93. The third-order valence-electron chi connectivity index (χ3n) is 3.02. The number of nitrogens with one attached hydrogen (secondary N) is 2. The molecule has 0 unspecified atom stereocenters. The van der Waals surface area contributed by atoms with Gasteiger partial charge in [-0.15, -0.1) is 0 Å². The number of nitrogens with zero attached hydrogens (tertiary/aromatic N) is 4. The zero-order chi connectivity index (χ0) is 15.2. The third kappa shape index (κ3) is 4.35. The minimum absolute atomic E-state index is 0.706. The molecule has 0 atom stereocenters. The van der Waals surface area contributed by atoms with E-state index < -0.39 is 0 Å². The van der Waals surface area contributed by atoms with Crippen LogP contribution in [0.5, 0.6) is 0 Å². The Hall–Kier alpha value is -1.76. The van der Waals surface area contributed by atoms with Gasteiger partial charge in [0.15, 0.2) is 5.16 Å². The van der Waals surface area contributed by atoms with E-state index in [0.717, 1.165) is 35.5 Å². The highest BCUT2D eigenvalue weighted by Gasteiger charge is 2.06. The van der Waals surface area contributed by atoms with Crippen molar-refractivity contribution in [3.05, 3.63) is 23.5 Å². The summed E-state index contributed by atoms with van der Waals surface area (Å²) in [5.74, 6) is 1.69. The lowest BCUT2D eigenvalue weighted by atomic mass is 10.2. The monoisotopic (exact) mass is 306 g/mol. The Morgan fingerprint density at radius 3 is 2.52 bits per heavy atom. The average Bonchev–Trinajstić information content (AvgIpc) is 2.80. The molecule has 0 aliphatic heterocycles. The van der Waals surface area contributed by atoms with Crippen LogP contribution in [-0.2, 0) is 13.6 Å². The molecule has 2 aromatic rings. The standard InChI is InChI=1S/C14H22N6S/c1-5-6-15-12-7-13(18-14(17-12)21-4)16-8-11-9-20(3)19-10(11)2/h7,9H,5-6,8H2,1-4H3,(H2,15,16,17,18). The van der Waals surface area contributed by atoms with Gasteiger partial charge in [0, 0.05) is 38.0 Å². The molecule has 2 rings (SSSR count). The Morgan fingerprint density at radius 1 is 1.24 bits per heavy atom. The van der Waals surface area contributed by atoms with Gasteiger partial charge in [-0.25, -0.2) is 9.97 Å². The summed E-state index contributed by atoms with van der Waals surface area (Å²) in [6.07, 6.45) is 5.07. The van der Waals surface area contributed by atoms with Crippen LogP contribution in [0.3, 0.4) is 0 Å². The molecule has 6 nitrogen and oxygen atoms in total. The van der Waals surface area contributed by atoms with Crippen molar-refractivity contribution in [3.8, 4) is 0 Å². The Morgan fingerprint density at radius 2 is 1.95 bits per heavy atom. The second-order valence-electron chi connectivity index (χ2n) is 4.82. The normalized spacial score (nSPS) is 10.7. The van der Waals surface area contributed by atoms with Crippen LogP contribution in [0.4, 0.5) is 11.6 Å². The van der Waals surface area contributed by atoms with Crippen molar-refractivity contribution in [2.45, 2.75) is 32.0 Å².